The molecule has 0 aliphatic carbocycles. The smallest absolute Gasteiger partial charge is 0.222 e. The standard InChI is InChI=1S/C20H21FN4O/c21-18-4-1-5-19(17(18)11-22)24-12-14-6-8-16(9-7-14)25-10-2-3-15(13-25)20(23)26/h1,4-9,15,24H,2-3,10,12-13H2,(H2,23,26)/t15-/m1/s1. The lowest BCUT2D eigenvalue weighted by atomic mass is 9.97. The molecular formula is C20H21FN4O. The third-order valence-corrected chi connectivity index (χ3v) is 4.73. The summed E-state index contributed by atoms with van der Waals surface area (Å²) in [6.07, 6.45) is 1.80. The Morgan fingerprint density at radius 3 is 2.77 bits per heavy atom. The molecule has 1 heterocycles. The number of halogens is 1. The molecule has 1 atom stereocenters. The highest BCUT2D eigenvalue weighted by Crippen LogP contribution is 2.24. The molecule has 5 nitrogen and oxygen atoms in total. The molecule has 0 unspecified atom stereocenters. The van der Waals surface area contributed by atoms with Crippen molar-refractivity contribution in [3.05, 3.63) is 59.4 Å². The van der Waals surface area contributed by atoms with Crippen molar-refractivity contribution in [2.24, 2.45) is 11.7 Å². The van der Waals surface area contributed by atoms with Gasteiger partial charge in [0.25, 0.3) is 0 Å². The second-order valence-corrected chi connectivity index (χ2v) is 6.48. The van der Waals surface area contributed by atoms with E-state index in [-0.39, 0.29) is 17.4 Å². The van der Waals surface area contributed by atoms with E-state index in [1.807, 2.05) is 30.3 Å². The number of nitrogens with one attached hydrogen (secondary N) is 1. The largest absolute Gasteiger partial charge is 0.380 e. The number of nitriles is 1. The van der Waals surface area contributed by atoms with Gasteiger partial charge >= 0.3 is 0 Å². The molecular weight excluding hydrogens is 331 g/mol. The van der Waals surface area contributed by atoms with Crippen LogP contribution >= 0.6 is 0 Å². The molecule has 0 aromatic heterocycles. The van der Waals surface area contributed by atoms with Gasteiger partial charge in [0.05, 0.1) is 11.6 Å². The number of benzene rings is 2. The Labute approximate surface area is 152 Å². The van der Waals surface area contributed by atoms with Gasteiger partial charge in [-0.15, -0.1) is 0 Å². The molecule has 26 heavy (non-hydrogen) atoms. The van der Waals surface area contributed by atoms with Gasteiger partial charge in [-0.1, -0.05) is 18.2 Å². The van der Waals surface area contributed by atoms with Crippen molar-refractivity contribution in [2.75, 3.05) is 23.3 Å². The van der Waals surface area contributed by atoms with Crippen LogP contribution in [0.25, 0.3) is 0 Å². The summed E-state index contributed by atoms with van der Waals surface area (Å²) in [4.78, 5) is 13.6. The Kier molecular flexibility index (Phi) is 5.37. The minimum absolute atomic E-state index is 0.0231. The maximum atomic E-state index is 13.6. The number of rotatable bonds is 5. The molecule has 1 saturated heterocycles. The summed E-state index contributed by atoms with van der Waals surface area (Å²) in [5.74, 6) is -0.858. The predicted molar refractivity (Wildman–Crippen MR) is 99.0 cm³/mol. The molecule has 1 aliphatic heterocycles. The highest BCUT2D eigenvalue weighted by atomic mass is 19.1. The van der Waals surface area contributed by atoms with Crippen LogP contribution < -0.4 is 16.0 Å². The molecule has 6 heteroatoms. The molecule has 0 bridgehead atoms. The van der Waals surface area contributed by atoms with Crippen LogP contribution in [0.1, 0.15) is 24.0 Å². The normalized spacial score (nSPS) is 16.8. The van der Waals surface area contributed by atoms with E-state index in [9.17, 15) is 9.18 Å². The van der Waals surface area contributed by atoms with E-state index < -0.39 is 5.82 Å². The number of anilines is 2. The number of nitrogens with two attached hydrogens (primary N) is 1. The Hall–Kier alpha value is -3.07. The van der Waals surface area contributed by atoms with Crippen molar-refractivity contribution in [1.29, 1.82) is 5.26 Å². The van der Waals surface area contributed by atoms with Crippen LogP contribution in [0.15, 0.2) is 42.5 Å². The number of piperidine rings is 1. The minimum atomic E-state index is -0.526. The number of carbonyl (C=O) groups excluding carboxylic acids is 1. The van der Waals surface area contributed by atoms with Crippen molar-refractivity contribution in [1.82, 2.24) is 0 Å². The second kappa shape index (κ2) is 7.87. The first kappa shape index (κ1) is 17.7. The molecule has 1 fully saturated rings. The molecule has 0 radical (unpaired) electrons. The molecule has 2 aromatic rings. The van der Waals surface area contributed by atoms with E-state index in [4.69, 9.17) is 11.0 Å². The van der Waals surface area contributed by atoms with E-state index >= 15 is 0 Å². The van der Waals surface area contributed by atoms with Gasteiger partial charge in [0.1, 0.15) is 17.4 Å². The van der Waals surface area contributed by atoms with Crippen LogP contribution in [0.5, 0.6) is 0 Å². The molecule has 3 N–H and O–H groups in total. The van der Waals surface area contributed by atoms with Crippen LogP contribution in [-0.2, 0) is 11.3 Å². The molecule has 134 valence electrons. The van der Waals surface area contributed by atoms with Crippen molar-refractivity contribution in [3.63, 3.8) is 0 Å². The van der Waals surface area contributed by atoms with Gasteiger partial charge in [0.15, 0.2) is 0 Å². The number of amides is 1. The average Bonchev–Trinajstić information content (AvgIpc) is 2.67. The van der Waals surface area contributed by atoms with Crippen LogP contribution in [0, 0.1) is 23.1 Å². The summed E-state index contributed by atoms with van der Waals surface area (Å²) in [5, 5.41) is 12.2. The lowest BCUT2D eigenvalue weighted by Gasteiger charge is -2.33. The fourth-order valence-corrected chi connectivity index (χ4v) is 3.25. The van der Waals surface area contributed by atoms with E-state index in [1.165, 1.54) is 6.07 Å². The molecule has 1 amide bonds. The summed E-state index contributed by atoms with van der Waals surface area (Å²) < 4.78 is 13.6. The minimum Gasteiger partial charge on any atom is -0.380 e. The van der Waals surface area contributed by atoms with Crippen molar-refractivity contribution < 1.29 is 9.18 Å². The van der Waals surface area contributed by atoms with Gasteiger partial charge in [-0.25, -0.2) is 4.39 Å². The summed E-state index contributed by atoms with van der Waals surface area (Å²) >= 11 is 0. The second-order valence-electron chi connectivity index (χ2n) is 6.48. The summed E-state index contributed by atoms with van der Waals surface area (Å²) in [6.45, 7) is 2.06. The maximum absolute atomic E-state index is 13.6. The summed E-state index contributed by atoms with van der Waals surface area (Å²) in [6, 6.07) is 14.4. The van der Waals surface area contributed by atoms with Crippen molar-refractivity contribution in [3.8, 4) is 6.07 Å². The third kappa shape index (κ3) is 3.94. The van der Waals surface area contributed by atoms with Crippen molar-refractivity contribution >= 4 is 17.3 Å². The Morgan fingerprint density at radius 2 is 2.08 bits per heavy atom. The zero-order chi connectivity index (χ0) is 18.5. The highest BCUT2D eigenvalue weighted by molar-refractivity contribution is 5.77. The van der Waals surface area contributed by atoms with Crippen LogP contribution in [0.3, 0.4) is 0 Å². The first-order valence-electron chi connectivity index (χ1n) is 8.64. The predicted octanol–water partition coefficient (Wildman–Crippen LogP) is 3.01. The summed E-state index contributed by atoms with van der Waals surface area (Å²) in [5.41, 5.74) is 8.02. The lowest BCUT2D eigenvalue weighted by Crippen LogP contribution is -2.41. The zero-order valence-electron chi connectivity index (χ0n) is 14.4. The van der Waals surface area contributed by atoms with Gasteiger partial charge in [0.2, 0.25) is 5.91 Å². The fourth-order valence-electron chi connectivity index (χ4n) is 3.25. The fraction of sp³-hybridized carbons (Fsp3) is 0.300. The first-order valence-corrected chi connectivity index (χ1v) is 8.64. The van der Waals surface area contributed by atoms with Gasteiger partial charge in [-0.3, -0.25) is 4.79 Å². The Morgan fingerprint density at radius 1 is 1.31 bits per heavy atom. The Bertz CT molecular complexity index is 829. The number of hydrogen-bond donors (Lipinski definition) is 2. The van der Waals surface area contributed by atoms with E-state index in [1.54, 1.807) is 12.1 Å². The Balaban J connectivity index is 1.64. The maximum Gasteiger partial charge on any atom is 0.222 e. The van der Waals surface area contributed by atoms with Gasteiger partial charge < -0.3 is 16.0 Å². The van der Waals surface area contributed by atoms with Gasteiger partial charge in [-0.2, -0.15) is 5.26 Å². The number of carbonyl (C=O) groups is 1. The zero-order valence-corrected chi connectivity index (χ0v) is 14.4. The third-order valence-electron chi connectivity index (χ3n) is 4.73. The first-order chi connectivity index (χ1) is 12.6. The lowest BCUT2D eigenvalue weighted by molar-refractivity contribution is -0.122. The molecule has 2 aromatic carbocycles. The van der Waals surface area contributed by atoms with Crippen LogP contribution in [-0.4, -0.2) is 19.0 Å². The topological polar surface area (TPSA) is 82.2 Å². The molecule has 0 saturated carbocycles. The van der Waals surface area contributed by atoms with E-state index in [0.717, 1.165) is 30.6 Å². The molecule has 3 rings (SSSR count). The molecule has 0 spiro atoms. The van der Waals surface area contributed by atoms with Gasteiger partial charge in [-0.05, 0) is 42.7 Å². The van der Waals surface area contributed by atoms with E-state index in [0.29, 0.717) is 18.8 Å². The SMILES string of the molecule is N#Cc1c(F)cccc1NCc1ccc(N2CCC[C@@H](C(N)=O)C2)cc1. The van der Waals surface area contributed by atoms with Gasteiger partial charge in [0, 0.05) is 25.3 Å². The van der Waals surface area contributed by atoms with Crippen LogP contribution in [0.4, 0.5) is 15.8 Å². The highest BCUT2D eigenvalue weighted by Gasteiger charge is 2.24. The molecule has 1 aliphatic rings. The quantitative estimate of drug-likeness (QED) is 0.867. The number of nitrogens with zero attached hydrogens (tertiary/aromatic N) is 2. The number of primary amides is 1. The summed E-state index contributed by atoms with van der Waals surface area (Å²) in [7, 11) is 0. The monoisotopic (exact) mass is 352 g/mol. The van der Waals surface area contributed by atoms with E-state index in [2.05, 4.69) is 10.2 Å². The van der Waals surface area contributed by atoms with Crippen LogP contribution in [0.2, 0.25) is 0 Å². The van der Waals surface area contributed by atoms with Crippen molar-refractivity contribution in [2.45, 2.75) is 19.4 Å². The number of hydrogen-bond acceptors (Lipinski definition) is 4. The average molecular weight is 352 g/mol.